The summed E-state index contributed by atoms with van der Waals surface area (Å²) in [6.07, 6.45) is 6.54. The zero-order valence-corrected chi connectivity index (χ0v) is 8.09. The van der Waals surface area contributed by atoms with Crippen LogP contribution in [0, 0.1) is 0 Å². The van der Waals surface area contributed by atoms with Gasteiger partial charge in [0.05, 0.1) is 29.8 Å². The Hall–Kier alpha value is -2.17. The predicted octanol–water partition coefficient (Wildman–Crippen LogP) is 1.07. The van der Waals surface area contributed by atoms with Crippen molar-refractivity contribution in [1.29, 1.82) is 0 Å². The Labute approximate surface area is 87.4 Å². The molecule has 15 heavy (non-hydrogen) atoms. The monoisotopic (exact) mass is 201 g/mol. The molecule has 0 radical (unpaired) electrons. The summed E-state index contributed by atoms with van der Waals surface area (Å²) in [5, 5.41) is 3.17. The summed E-state index contributed by atoms with van der Waals surface area (Å²) in [4.78, 5) is 11.8. The number of pyridine rings is 1. The van der Waals surface area contributed by atoms with Crippen molar-refractivity contribution >= 4 is 11.4 Å². The molecule has 2 heterocycles. The van der Waals surface area contributed by atoms with Crippen LogP contribution in [0.25, 0.3) is 0 Å². The van der Waals surface area contributed by atoms with Crippen molar-refractivity contribution in [3.05, 3.63) is 42.7 Å². The van der Waals surface area contributed by atoms with Gasteiger partial charge in [0.2, 0.25) is 0 Å². The summed E-state index contributed by atoms with van der Waals surface area (Å²) in [5.74, 6) is 0. The molecular weight excluding hydrogens is 190 g/mol. The number of nitrogens with two attached hydrogens (primary N) is 1. The van der Waals surface area contributed by atoms with Gasteiger partial charge >= 0.3 is 0 Å². The summed E-state index contributed by atoms with van der Waals surface area (Å²) >= 11 is 0. The van der Waals surface area contributed by atoms with Crippen LogP contribution in [-0.4, -0.2) is 15.0 Å². The summed E-state index contributed by atoms with van der Waals surface area (Å²) in [7, 11) is 0. The topological polar surface area (TPSA) is 76.7 Å². The first-order chi connectivity index (χ1) is 7.36. The van der Waals surface area contributed by atoms with Crippen LogP contribution in [0.3, 0.4) is 0 Å². The van der Waals surface area contributed by atoms with Crippen LogP contribution in [0.1, 0.15) is 5.69 Å². The fourth-order valence-corrected chi connectivity index (χ4v) is 1.18. The highest BCUT2D eigenvalue weighted by Crippen LogP contribution is 2.15. The minimum absolute atomic E-state index is 0.622. The van der Waals surface area contributed by atoms with Gasteiger partial charge in [0.25, 0.3) is 0 Å². The van der Waals surface area contributed by atoms with E-state index in [0.717, 1.165) is 11.4 Å². The Morgan fingerprint density at radius 2 is 2.07 bits per heavy atom. The molecule has 2 aromatic rings. The van der Waals surface area contributed by atoms with Gasteiger partial charge in [-0.2, -0.15) is 0 Å². The number of hydrogen-bond donors (Lipinski definition) is 2. The average Bonchev–Trinajstić information content (AvgIpc) is 2.29. The molecule has 0 saturated carbocycles. The van der Waals surface area contributed by atoms with Crippen molar-refractivity contribution < 1.29 is 0 Å². The molecule has 0 atom stereocenters. The van der Waals surface area contributed by atoms with Crippen LogP contribution in [-0.2, 0) is 6.54 Å². The number of nitrogen functional groups attached to an aromatic ring is 1. The first-order valence-electron chi connectivity index (χ1n) is 4.54. The van der Waals surface area contributed by atoms with Gasteiger partial charge in [-0.1, -0.05) is 0 Å². The first-order valence-corrected chi connectivity index (χ1v) is 4.54. The second-order valence-electron chi connectivity index (χ2n) is 3.02. The fourth-order valence-electron chi connectivity index (χ4n) is 1.18. The number of hydrogen-bond acceptors (Lipinski definition) is 5. The van der Waals surface area contributed by atoms with E-state index in [0.29, 0.717) is 12.2 Å². The van der Waals surface area contributed by atoms with Crippen LogP contribution >= 0.6 is 0 Å². The van der Waals surface area contributed by atoms with Crippen molar-refractivity contribution in [3.8, 4) is 0 Å². The maximum Gasteiger partial charge on any atom is 0.115 e. The smallest absolute Gasteiger partial charge is 0.115 e. The molecule has 5 nitrogen and oxygen atoms in total. The molecule has 5 heteroatoms. The van der Waals surface area contributed by atoms with Crippen LogP contribution in [0.15, 0.2) is 37.1 Å². The second kappa shape index (κ2) is 4.36. The Balaban J connectivity index is 2.03. The van der Waals surface area contributed by atoms with Gasteiger partial charge in [0.1, 0.15) is 6.33 Å². The molecule has 0 fully saturated rings. The number of nitrogens with zero attached hydrogens (tertiary/aromatic N) is 3. The first kappa shape index (κ1) is 9.39. The van der Waals surface area contributed by atoms with Crippen LogP contribution in [0.2, 0.25) is 0 Å². The molecule has 0 unspecified atom stereocenters. The molecule has 0 aliphatic heterocycles. The molecule has 0 spiro atoms. The third-order valence-corrected chi connectivity index (χ3v) is 1.96. The van der Waals surface area contributed by atoms with Crippen LogP contribution in [0.4, 0.5) is 11.4 Å². The molecule has 2 rings (SSSR count). The van der Waals surface area contributed by atoms with E-state index in [4.69, 9.17) is 5.73 Å². The maximum absolute atomic E-state index is 5.73. The largest absolute Gasteiger partial charge is 0.396 e. The zero-order chi connectivity index (χ0) is 10.5. The Morgan fingerprint density at radius 1 is 1.20 bits per heavy atom. The lowest BCUT2D eigenvalue weighted by Crippen LogP contribution is -2.04. The van der Waals surface area contributed by atoms with Crippen LogP contribution in [0.5, 0.6) is 0 Å². The maximum atomic E-state index is 5.73. The molecule has 76 valence electrons. The summed E-state index contributed by atoms with van der Waals surface area (Å²) in [6.45, 7) is 0.622. The standard InChI is InChI=1S/C10H11N5/c11-9-6-12-4-2-10(9)14-5-8-1-3-13-7-15-8/h1-4,6-7H,5,11H2,(H,12,14). The summed E-state index contributed by atoms with van der Waals surface area (Å²) < 4.78 is 0. The van der Waals surface area contributed by atoms with E-state index in [1.807, 2.05) is 12.1 Å². The Kier molecular flexibility index (Phi) is 2.73. The lowest BCUT2D eigenvalue weighted by Gasteiger charge is -2.07. The highest BCUT2D eigenvalue weighted by molar-refractivity contribution is 5.64. The average molecular weight is 201 g/mol. The molecule has 0 saturated heterocycles. The lowest BCUT2D eigenvalue weighted by molar-refractivity contribution is 1.01. The van der Waals surface area contributed by atoms with Gasteiger partial charge in [0.15, 0.2) is 0 Å². The van der Waals surface area contributed by atoms with Crippen molar-refractivity contribution in [2.24, 2.45) is 0 Å². The molecule has 0 bridgehead atoms. The van der Waals surface area contributed by atoms with E-state index in [2.05, 4.69) is 20.3 Å². The molecule has 0 aromatic carbocycles. The number of aromatic nitrogens is 3. The normalized spacial score (nSPS) is 9.87. The molecule has 0 aliphatic carbocycles. The number of rotatable bonds is 3. The molecule has 2 aromatic heterocycles. The van der Waals surface area contributed by atoms with E-state index in [-0.39, 0.29) is 0 Å². The number of anilines is 2. The van der Waals surface area contributed by atoms with Crippen molar-refractivity contribution in [2.75, 3.05) is 11.1 Å². The highest BCUT2D eigenvalue weighted by atomic mass is 14.9. The highest BCUT2D eigenvalue weighted by Gasteiger charge is 1.97. The minimum atomic E-state index is 0.622. The third-order valence-electron chi connectivity index (χ3n) is 1.96. The van der Waals surface area contributed by atoms with Crippen molar-refractivity contribution in [2.45, 2.75) is 6.54 Å². The Morgan fingerprint density at radius 3 is 2.80 bits per heavy atom. The fraction of sp³-hybridized carbons (Fsp3) is 0.100. The molecular formula is C10H11N5. The van der Waals surface area contributed by atoms with Crippen molar-refractivity contribution in [3.63, 3.8) is 0 Å². The van der Waals surface area contributed by atoms with Gasteiger partial charge in [-0.25, -0.2) is 9.97 Å². The van der Waals surface area contributed by atoms with E-state index in [1.54, 1.807) is 18.6 Å². The molecule has 3 N–H and O–H groups in total. The van der Waals surface area contributed by atoms with Gasteiger partial charge in [-0.3, -0.25) is 4.98 Å². The summed E-state index contributed by atoms with van der Waals surface area (Å²) in [6, 6.07) is 3.68. The van der Waals surface area contributed by atoms with Gasteiger partial charge in [0, 0.05) is 12.4 Å². The summed E-state index contributed by atoms with van der Waals surface area (Å²) in [5.41, 5.74) is 8.14. The van der Waals surface area contributed by atoms with Crippen molar-refractivity contribution in [1.82, 2.24) is 15.0 Å². The third kappa shape index (κ3) is 2.40. The van der Waals surface area contributed by atoms with Gasteiger partial charge < -0.3 is 11.1 Å². The van der Waals surface area contributed by atoms with E-state index >= 15 is 0 Å². The lowest BCUT2D eigenvalue weighted by atomic mass is 10.3. The second-order valence-corrected chi connectivity index (χ2v) is 3.02. The van der Waals surface area contributed by atoms with E-state index in [1.165, 1.54) is 6.33 Å². The predicted molar refractivity (Wildman–Crippen MR) is 58.0 cm³/mol. The SMILES string of the molecule is Nc1cnccc1NCc1ccncn1. The van der Waals surface area contributed by atoms with E-state index in [9.17, 15) is 0 Å². The van der Waals surface area contributed by atoms with Crippen LogP contribution < -0.4 is 11.1 Å². The molecule has 0 aliphatic rings. The quantitative estimate of drug-likeness (QED) is 0.776. The Bertz CT molecular complexity index is 429. The van der Waals surface area contributed by atoms with E-state index < -0.39 is 0 Å². The van der Waals surface area contributed by atoms with Gasteiger partial charge in [-0.05, 0) is 12.1 Å². The zero-order valence-electron chi connectivity index (χ0n) is 8.09. The molecule has 0 amide bonds. The van der Waals surface area contributed by atoms with Gasteiger partial charge in [-0.15, -0.1) is 0 Å². The minimum Gasteiger partial charge on any atom is -0.396 e. The number of nitrogens with one attached hydrogen (secondary N) is 1.